The fourth-order valence-corrected chi connectivity index (χ4v) is 3.79. The Morgan fingerprint density at radius 3 is 2.75 bits per heavy atom. The summed E-state index contributed by atoms with van der Waals surface area (Å²) in [6, 6.07) is 10.1. The number of nitrogens with zero attached hydrogens (tertiary/aromatic N) is 4. The Labute approximate surface area is 168 Å². The van der Waals surface area contributed by atoms with Crippen LogP contribution in [0.4, 0.5) is 11.5 Å². The second-order valence-electron chi connectivity index (χ2n) is 7.40. The molecule has 3 rings (SSSR count). The number of hydrogen-bond acceptors (Lipinski definition) is 5. The van der Waals surface area contributed by atoms with Gasteiger partial charge in [0.15, 0.2) is 0 Å². The molecular weight excluding hydrogens is 350 g/mol. The van der Waals surface area contributed by atoms with E-state index in [0.717, 1.165) is 61.9 Å². The zero-order valence-corrected chi connectivity index (χ0v) is 17.2. The number of pyridine rings is 2. The minimum absolute atomic E-state index is 0.226. The van der Waals surface area contributed by atoms with E-state index in [1.54, 1.807) is 0 Å². The number of aromatic nitrogens is 2. The molecule has 150 valence electrons. The average Bonchev–Trinajstić information content (AvgIpc) is 2.70. The van der Waals surface area contributed by atoms with Crippen molar-refractivity contribution in [1.82, 2.24) is 19.8 Å². The van der Waals surface area contributed by atoms with Gasteiger partial charge in [-0.25, -0.2) is 4.98 Å². The van der Waals surface area contributed by atoms with E-state index in [0.29, 0.717) is 12.5 Å². The summed E-state index contributed by atoms with van der Waals surface area (Å²) in [5.41, 5.74) is 3.02. The first-order chi connectivity index (χ1) is 13.6. The molecule has 2 aromatic heterocycles. The van der Waals surface area contributed by atoms with Gasteiger partial charge in [-0.15, -0.1) is 0 Å². The number of carbonyl (C=O) groups is 1. The monoisotopic (exact) mass is 381 g/mol. The van der Waals surface area contributed by atoms with Crippen molar-refractivity contribution in [2.24, 2.45) is 0 Å². The number of hydrogen-bond donors (Lipinski definition) is 1. The zero-order valence-electron chi connectivity index (χ0n) is 17.2. The maximum atomic E-state index is 12.4. The highest BCUT2D eigenvalue weighted by molar-refractivity contribution is 5.78. The highest BCUT2D eigenvalue weighted by Crippen LogP contribution is 2.26. The summed E-state index contributed by atoms with van der Waals surface area (Å²) in [4.78, 5) is 25.7. The van der Waals surface area contributed by atoms with Gasteiger partial charge in [-0.3, -0.25) is 14.7 Å². The third-order valence-electron chi connectivity index (χ3n) is 5.35. The Balaban J connectivity index is 1.59. The molecule has 28 heavy (non-hydrogen) atoms. The number of rotatable bonds is 7. The van der Waals surface area contributed by atoms with Gasteiger partial charge in [0.25, 0.3) is 0 Å². The van der Waals surface area contributed by atoms with E-state index in [2.05, 4.69) is 32.3 Å². The lowest BCUT2D eigenvalue weighted by Crippen LogP contribution is -2.43. The van der Waals surface area contributed by atoms with Gasteiger partial charge in [0.05, 0.1) is 18.4 Å². The SMILES string of the molecule is CCN(CC)C(=O)CN1CCCC(c2ccc(Nc3cccc(C)n3)cn2)C1. The summed E-state index contributed by atoms with van der Waals surface area (Å²) >= 11 is 0. The topological polar surface area (TPSA) is 61.4 Å². The number of amides is 1. The van der Waals surface area contributed by atoms with Crippen molar-refractivity contribution in [3.63, 3.8) is 0 Å². The first-order valence-electron chi connectivity index (χ1n) is 10.3. The smallest absolute Gasteiger partial charge is 0.236 e. The van der Waals surface area contributed by atoms with E-state index in [4.69, 9.17) is 0 Å². The molecule has 3 heterocycles. The summed E-state index contributed by atoms with van der Waals surface area (Å²) in [5.74, 6) is 1.43. The molecule has 1 saturated heterocycles. The Morgan fingerprint density at radius 1 is 1.25 bits per heavy atom. The normalized spacial score (nSPS) is 17.3. The molecule has 6 nitrogen and oxygen atoms in total. The van der Waals surface area contributed by atoms with Crippen LogP contribution in [0.2, 0.25) is 0 Å². The van der Waals surface area contributed by atoms with Crippen LogP contribution in [-0.4, -0.2) is 58.4 Å². The second-order valence-corrected chi connectivity index (χ2v) is 7.40. The average molecular weight is 382 g/mol. The quantitative estimate of drug-likeness (QED) is 0.794. The molecule has 1 amide bonds. The molecule has 1 fully saturated rings. The number of anilines is 2. The van der Waals surface area contributed by atoms with E-state index < -0.39 is 0 Å². The Kier molecular flexibility index (Phi) is 6.98. The third kappa shape index (κ3) is 5.29. The second kappa shape index (κ2) is 9.64. The lowest BCUT2D eigenvalue weighted by atomic mass is 9.94. The summed E-state index contributed by atoms with van der Waals surface area (Å²) in [6.07, 6.45) is 4.10. The molecule has 1 unspecified atom stereocenters. The van der Waals surface area contributed by atoms with Crippen molar-refractivity contribution in [2.45, 2.75) is 39.5 Å². The summed E-state index contributed by atoms with van der Waals surface area (Å²) in [7, 11) is 0. The molecule has 0 aromatic carbocycles. The van der Waals surface area contributed by atoms with Crippen LogP contribution in [0.15, 0.2) is 36.5 Å². The largest absolute Gasteiger partial charge is 0.342 e. The molecule has 0 radical (unpaired) electrons. The fraction of sp³-hybridized carbons (Fsp3) is 0.500. The molecular formula is C22H31N5O. The zero-order chi connectivity index (χ0) is 19.9. The highest BCUT2D eigenvalue weighted by Gasteiger charge is 2.24. The van der Waals surface area contributed by atoms with Gasteiger partial charge in [0.1, 0.15) is 5.82 Å². The molecule has 0 aliphatic carbocycles. The molecule has 6 heteroatoms. The number of nitrogens with one attached hydrogen (secondary N) is 1. The van der Waals surface area contributed by atoms with E-state index >= 15 is 0 Å². The Bertz CT molecular complexity index is 773. The minimum atomic E-state index is 0.226. The van der Waals surface area contributed by atoms with E-state index in [-0.39, 0.29) is 5.91 Å². The number of likely N-dealkylation sites (tertiary alicyclic amines) is 1. The summed E-state index contributed by atoms with van der Waals surface area (Å²) in [6.45, 7) is 9.99. The van der Waals surface area contributed by atoms with Crippen LogP contribution >= 0.6 is 0 Å². The first-order valence-corrected chi connectivity index (χ1v) is 10.3. The molecule has 1 atom stereocenters. The lowest BCUT2D eigenvalue weighted by molar-refractivity contribution is -0.132. The molecule has 1 aliphatic heterocycles. The van der Waals surface area contributed by atoms with Crippen LogP contribution in [0.3, 0.4) is 0 Å². The minimum Gasteiger partial charge on any atom is -0.342 e. The Morgan fingerprint density at radius 2 is 2.07 bits per heavy atom. The van der Waals surface area contributed by atoms with Crippen molar-refractivity contribution in [3.05, 3.63) is 47.9 Å². The van der Waals surface area contributed by atoms with Gasteiger partial charge >= 0.3 is 0 Å². The van der Waals surface area contributed by atoms with Gasteiger partial charge in [0, 0.05) is 36.9 Å². The van der Waals surface area contributed by atoms with Crippen molar-refractivity contribution >= 4 is 17.4 Å². The van der Waals surface area contributed by atoms with Gasteiger partial charge in [-0.2, -0.15) is 0 Å². The van der Waals surface area contributed by atoms with Crippen LogP contribution in [-0.2, 0) is 4.79 Å². The van der Waals surface area contributed by atoms with E-state index in [1.807, 2.05) is 50.1 Å². The number of piperidine rings is 1. The van der Waals surface area contributed by atoms with Gasteiger partial charge < -0.3 is 10.2 Å². The standard InChI is InChI=1S/C22H31N5O/c1-4-27(5-2)22(28)16-26-13-7-9-18(15-26)20-12-11-19(14-23-20)25-21-10-6-8-17(3)24-21/h6,8,10-12,14,18H,4-5,7,9,13,15-16H2,1-3H3,(H,24,25). The molecule has 1 aliphatic rings. The maximum absolute atomic E-state index is 12.4. The van der Waals surface area contributed by atoms with Gasteiger partial charge in [0.2, 0.25) is 5.91 Å². The third-order valence-corrected chi connectivity index (χ3v) is 5.35. The molecule has 0 bridgehead atoms. The molecule has 0 spiro atoms. The van der Waals surface area contributed by atoms with Crippen LogP contribution in [0, 0.1) is 6.92 Å². The van der Waals surface area contributed by atoms with Crippen LogP contribution in [0.25, 0.3) is 0 Å². The lowest BCUT2D eigenvalue weighted by Gasteiger charge is -2.33. The highest BCUT2D eigenvalue weighted by atomic mass is 16.2. The van der Waals surface area contributed by atoms with Crippen molar-refractivity contribution in [1.29, 1.82) is 0 Å². The fourth-order valence-electron chi connectivity index (χ4n) is 3.79. The molecule has 1 N–H and O–H groups in total. The predicted molar refractivity (Wildman–Crippen MR) is 113 cm³/mol. The van der Waals surface area contributed by atoms with Crippen molar-refractivity contribution in [2.75, 3.05) is 38.0 Å². The molecule has 2 aromatic rings. The van der Waals surface area contributed by atoms with E-state index in [9.17, 15) is 4.79 Å². The number of aryl methyl sites for hydroxylation is 1. The van der Waals surface area contributed by atoms with Crippen molar-refractivity contribution in [3.8, 4) is 0 Å². The maximum Gasteiger partial charge on any atom is 0.236 e. The van der Waals surface area contributed by atoms with Gasteiger partial charge in [-0.1, -0.05) is 6.07 Å². The number of likely N-dealkylation sites (N-methyl/N-ethyl adjacent to an activating group) is 1. The van der Waals surface area contributed by atoms with Crippen LogP contribution < -0.4 is 5.32 Å². The molecule has 0 saturated carbocycles. The predicted octanol–water partition coefficient (Wildman–Crippen LogP) is 3.58. The summed E-state index contributed by atoms with van der Waals surface area (Å²) in [5, 5.41) is 3.30. The first kappa shape index (κ1) is 20.3. The summed E-state index contributed by atoms with van der Waals surface area (Å²) < 4.78 is 0. The number of carbonyl (C=O) groups excluding carboxylic acids is 1. The Hall–Kier alpha value is -2.47. The van der Waals surface area contributed by atoms with Crippen LogP contribution in [0.1, 0.15) is 44.0 Å². The van der Waals surface area contributed by atoms with Gasteiger partial charge in [-0.05, 0) is 64.4 Å². The van der Waals surface area contributed by atoms with Crippen molar-refractivity contribution < 1.29 is 4.79 Å². The van der Waals surface area contributed by atoms with Crippen LogP contribution in [0.5, 0.6) is 0 Å². The van der Waals surface area contributed by atoms with E-state index in [1.165, 1.54) is 0 Å².